The second-order valence-corrected chi connectivity index (χ2v) is 6.75. The molecule has 1 aliphatic heterocycles. The Hall–Kier alpha value is -1.56. The second kappa shape index (κ2) is 5.57. The molecular weight excluding hydrogens is 295 g/mol. The highest BCUT2D eigenvalue weighted by molar-refractivity contribution is 5.72. The van der Waals surface area contributed by atoms with Crippen LogP contribution in [0, 0.1) is 5.92 Å². The van der Waals surface area contributed by atoms with Crippen molar-refractivity contribution >= 4 is 5.97 Å². The molecule has 2 rings (SSSR count). The number of hydrogen-bond acceptors (Lipinski definition) is 2. The van der Waals surface area contributed by atoms with Crippen molar-refractivity contribution in [1.29, 1.82) is 0 Å². The highest BCUT2D eigenvalue weighted by Gasteiger charge is 2.42. The number of benzene rings is 1. The fourth-order valence-corrected chi connectivity index (χ4v) is 2.86. The Balaban J connectivity index is 2.27. The van der Waals surface area contributed by atoms with Crippen LogP contribution in [0.25, 0.3) is 0 Å². The Morgan fingerprint density at radius 2 is 1.68 bits per heavy atom. The van der Waals surface area contributed by atoms with E-state index in [-0.39, 0.29) is 11.5 Å². The van der Waals surface area contributed by atoms with Crippen LogP contribution in [-0.4, -0.2) is 34.6 Å². The highest BCUT2D eigenvalue weighted by atomic mass is 19.4. The van der Waals surface area contributed by atoms with Crippen LogP contribution >= 0.6 is 0 Å². The van der Waals surface area contributed by atoms with Crippen molar-refractivity contribution in [3.05, 3.63) is 35.4 Å². The van der Waals surface area contributed by atoms with Crippen molar-refractivity contribution in [1.82, 2.24) is 4.90 Å². The minimum Gasteiger partial charge on any atom is -0.481 e. The van der Waals surface area contributed by atoms with E-state index in [0.717, 1.165) is 12.1 Å². The third-order valence-electron chi connectivity index (χ3n) is 4.25. The standard InChI is InChI=1S/C16H20F3NO2/c1-15(2,3)20-8-12(13(9-20)14(21)22)10-4-6-11(7-5-10)16(17,18)19/h4-7,12-13H,8-9H2,1-3H3,(H,21,22)/t12-,13+/m1/s1. The molecule has 0 unspecified atom stereocenters. The van der Waals surface area contributed by atoms with Gasteiger partial charge in [0.15, 0.2) is 0 Å². The van der Waals surface area contributed by atoms with Gasteiger partial charge in [0.1, 0.15) is 0 Å². The van der Waals surface area contributed by atoms with E-state index in [9.17, 15) is 23.1 Å². The van der Waals surface area contributed by atoms with Crippen molar-refractivity contribution < 1.29 is 23.1 Å². The van der Waals surface area contributed by atoms with Gasteiger partial charge in [0, 0.05) is 24.5 Å². The zero-order valence-electron chi connectivity index (χ0n) is 12.8. The van der Waals surface area contributed by atoms with Crippen molar-refractivity contribution in [2.24, 2.45) is 5.92 Å². The van der Waals surface area contributed by atoms with E-state index in [1.54, 1.807) is 0 Å². The third kappa shape index (κ3) is 3.43. The van der Waals surface area contributed by atoms with E-state index >= 15 is 0 Å². The van der Waals surface area contributed by atoms with Crippen LogP contribution in [-0.2, 0) is 11.0 Å². The molecule has 0 amide bonds. The van der Waals surface area contributed by atoms with Crippen LogP contribution < -0.4 is 0 Å². The fourth-order valence-electron chi connectivity index (χ4n) is 2.86. The molecule has 1 aromatic carbocycles. The molecule has 0 aromatic heterocycles. The molecule has 0 spiro atoms. The van der Waals surface area contributed by atoms with E-state index < -0.39 is 23.6 Å². The van der Waals surface area contributed by atoms with Gasteiger partial charge in [-0.2, -0.15) is 13.2 Å². The van der Waals surface area contributed by atoms with Crippen molar-refractivity contribution in [3.8, 4) is 0 Å². The Morgan fingerprint density at radius 3 is 2.09 bits per heavy atom. The Kier molecular flexibility index (Phi) is 4.26. The molecule has 0 saturated carbocycles. The van der Waals surface area contributed by atoms with Crippen LogP contribution in [0.1, 0.15) is 37.8 Å². The van der Waals surface area contributed by atoms with Crippen LogP contribution in [0.4, 0.5) is 13.2 Å². The van der Waals surface area contributed by atoms with Gasteiger partial charge in [-0.15, -0.1) is 0 Å². The molecule has 1 aliphatic rings. The zero-order chi connectivity index (χ0) is 16.7. The largest absolute Gasteiger partial charge is 0.481 e. The third-order valence-corrected chi connectivity index (χ3v) is 4.25. The van der Waals surface area contributed by atoms with Gasteiger partial charge in [-0.25, -0.2) is 0 Å². The van der Waals surface area contributed by atoms with Gasteiger partial charge in [-0.3, -0.25) is 9.69 Å². The van der Waals surface area contributed by atoms with E-state index in [1.165, 1.54) is 12.1 Å². The summed E-state index contributed by atoms with van der Waals surface area (Å²) in [4.78, 5) is 13.5. The predicted octanol–water partition coefficient (Wildman–Crippen LogP) is 3.60. The summed E-state index contributed by atoms with van der Waals surface area (Å²) in [6.45, 7) is 6.94. The molecule has 122 valence electrons. The van der Waals surface area contributed by atoms with Crippen LogP contribution in [0.3, 0.4) is 0 Å². The summed E-state index contributed by atoms with van der Waals surface area (Å²) >= 11 is 0. The summed E-state index contributed by atoms with van der Waals surface area (Å²) in [5.74, 6) is -1.80. The molecule has 2 atom stereocenters. The molecule has 0 radical (unpaired) electrons. The number of nitrogens with zero attached hydrogens (tertiary/aromatic N) is 1. The molecule has 1 heterocycles. The van der Waals surface area contributed by atoms with Crippen LogP contribution in [0.5, 0.6) is 0 Å². The van der Waals surface area contributed by atoms with Gasteiger partial charge in [-0.1, -0.05) is 12.1 Å². The van der Waals surface area contributed by atoms with Gasteiger partial charge in [0.25, 0.3) is 0 Å². The maximum absolute atomic E-state index is 12.6. The number of carboxylic acids is 1. The summed E-state index contributed by atoms with van der Waals surface area (Å²) in [6, 6.07) is 4.84. The van der Waals surface area contributed by atoms with E-state index in [2.05, 4.69) is 4.90 Å². The van der Waals surface area contributed by atoms with Gasteiger partial charge in [0.05, 0.1) is 11.5 Å². The van der Waals surface area contributed by atoms with Crippen LogP contribution in [0.2, 0.25) is 0 Å². The predicted molar refractivity (Wildman–Crippen MR) is 76.6 cm³/mol. The molecule has 22 heavy (non-hydrogen) atoms. The SMILES string of the molecule is CC(C)(C)N1C[C@H](C(=O)O)[C@@H](c2ccc(C(F)(F)F)cc2)C1. The lowest BCUT2D eigenvalue weighted by atomic mass is 9.88. The normalized spacial score (nSPS) is 23.7. The maximum Gasteiger partial charge on any atom is 0.416 e. The number of carbonyl (C=O) groups is 1. The van der Waals surface area contributed by atoms with Gasteiger partial charge < -0.3 is 5.11 Å². The quantitative estimate of drug-likeness (QED) is 0.906. The van der Waals surface area contributed by atoms with E-state index in [1.807, 2.05) is 20.8 Å². The first-order chi connectivity index (χ1) is 10.00. The average molecular weight is 315 g/mol. The van der Waals surface area contributed by atoms with Crippen molar-refractivity contribution in [3.63, 3.8) is 0 Å². The number of halogens is 3. The molecule has 3 nitrogen and oxygen atoms in total. The maximum atomic E-state index is 12.6. The van der Waals surface area contributed by atoms with E-state index in [0.29, 0.717) is 18.7 Å². The minimum absolute atomic E-state index is 0.172. The first-order valence-electron chi connectivity index (χ1n) is 7.15. The fraction of sp³-hybridized carbons (Fsp3) is 0.562. The smallest absolute Gasteiger partial charge is 0.416 e. The number of aliphatic carboxylic acids is 1. The molecule has 1 saturated heterocycles. The molecule has 6 heteroatoms. The van der Waals surface area contributed by atoms with Crippen LogP contribution in [0.15, 0.2) is 24.3 Å². The van der Waals surface area contributed by atoms with Gasteiger partial charge >= 0.3 is 12.1 Å². The summed E-state index contributed by atoms with van der Waals surface area (Å²) in [6.07, 6.45) is -4.38. The van der Waals surface area contributed by atoms with Crippen molar-refractivity contribution in [2.45, 2.75) is 38.4 Å². The van der Waals surface area contributed by atoms with E-state index in [4.69, 9.17) is 0 Å². The molecule has 0 bridgehead atoms. The number of likely N-dealkylation sites (tertiary alicyclic amines) is 1. The average Bonchev–Trinajstić information content (AvgIpc) is 2.82. The van der Waals surface area contributed by atoms with Gasteiger partial charge in [0.2, 0.25) is 0 Å². The lowest BCUT2D eigenvalue weighted by molar-refractivity contribution is -0.142. The zero-order valence-corrected chi connectivity index (χ0v) is 12.8. The molecule has 1 fully saturated rings. The lowest BCUT2D eigenvalue weighted by Crippen LogP contribution is -2.40. The summed E-state index contributed by atoms with van der Waals surface area (Å²) in [5.41, 5.74) is -0.241. The number of rotatable bonds is 2. The van der Waals surface area contributed by atoms with Gasteiger partial charge in [-0.05, 0) is 38.5 Å². The Bertz CT molecular complexity index is 546. The monoisotopic (exact) mass is 315 g/mol. The molecule has 1 aromatic rings. The summed E-state index contributed by atoms with van der Waals surface area (Å²) < 4.78 is 37.9. The Morgan fingerprint density at radius 1 is 1.14 bits per heavy atom. The lowest BCUT2D eigenvalue weighted by Gasteiger charge is -2.31. The summed E-state index contributed by atoms with van der Waals surface area (Å²) in [7, 11) is 0. The topological polar surface area (TPSA) is 40.5 Å². The number of alkyl halides is 3. The first kappa shape index (κ1) is 16.8. The molecule has 0 aliphatic carbocycles. The van der Waals surface area contributed by atoms with Crippen molar-refractivity contribution in [2.75, 3.05) is 13.1 Å². The summed E-state index contributed by atoms with van der Waals surface area (Å²) in [5, 5.41) is 9.41. The molecule has 1 N–H and O–H groups in total. The minimum atomic E-state index is -4.38. The first-order valence-corrected chi connectivity index (χ1v) is 7.15. The highest BCUT2D eigenvalue weighted by Crippen LogP contribution is 2.37. The second-order valence-electron chi connectivity index (χ2n) is 6.75. The molecular formula is C16H20F3NO2. The number of hydrogen-bond donors (Lipinski definition) is 1. The number of carboxylic acid groups (broad SMARTS) is 1. The Labute approximate surface area is 127 Å².